The van der Waals surface area contributed by atoms with Crippen molar-refractivity contribution in [2.24, 2.45) is 5.73 Å². The number of ether oxygens (including phenoxy) is 1. The van der Waals surface area contributed by atoms with E-state index in [-0.39, 0.29) is 11.8 Å². The summed E-state index contributed by atoms with van der Waals surface area (Å²) in [6, 6.07) is 3.29. The predicted molar refractivity (Wildman–Crippen MR) is 57.0 cm³/mol. The molecule has 0 spiro atoms. The van der Waals surface area contributed by atoms with E-state index in [1.54, 1.807) is 12.4 Å². The zero-order valence-corrected chi connectivity index (χ0v) is 8.80. The molecule has 1 aromatic heterocycles. The highest BCUT2D eigenvalue weighted by atomic mass is 16.5. The maximum absolute atomic E-state index is 10.7. The van der Waals surface area contributed by atoms with Crippen LogP contribution < -0.4 is 5.73 Å². The number of aliphatic carboxylic acids is 1. The average molecular weight is 222 g/mol. The summed E-state index contributed by atoms with van der Waals surface area (Å²) in [6.07, 6.45) is 3.35. The summed E-state index contributed by atoms with van der Waals surface area (Å²) in [4.78, 5) is 14.7. The third-order valence-electron chi connectivity index (χ3n) is 3.06. The van der Waals surface area contributed by atoms with Crippen molar-refractivity contribution in [2.75, 3.05) is 13.2 Å². The molecule has 0 radical (unpaired) electrons. The molecule has 16 heavy (non-hydrogen) atoms. The van der Waals surface area contributed by atoms with E-state index in [1.165, 1.54) is 0 Å². The molecule has 0 aromatic carbocycles. The number of pyridine rings is 1. The summed E-state index contributed by atoms with van der Waals surface area (Å²) in [5.74, 6) is -0.886. The molecule has 1 atom stereocenters. The predicted octanol–water partition coefficient (Wildman–Crippen LogP) is 0.152. The Labute approximate surface area is 93.2 Å². The van der Waals surface area contributed by atoms with Crippen LogP contribution in [0.25, 0.3) is 0 Å². The molecule has 1 aliphatic heterocycles. The Morgan fingerprint density at radius 1 is 1.69 bits per heavy atom. The first kappa shape index (κ1) is 11.0. The van der Waals surface area contributed by atoms with Crippen LogP contribution in [0, 0.1) is 0 Å². The third kappa shape index (κ3) is 1.79. The van der Waals surface area contributed by atoms with E-state index in [4.69, 9.17) is 15.6 Å². The van der Waals surface area contributed by atoms with Crippen molar-refractivity contribution in [3.63, 3.8) is 0 Å². The van der Waals surface area contributed by atoms with E-state index < -0.39 is 12.0 Å². The Kier molecular flexibility index (Phi) is 2.89. The molecule has 86 valence electrons. The standard InChI is InChI=1S/C11H14N2O3/c12-9(4-10(14)15)11(6-16-7-11)8-2-1-3-13-5-8/h1-3,5,9H,4,6-7,12H2,(H,14,15). The van der Waals surface area contributed by atoms with Crippen molar-refractivity contribution >= 4 is 5.97 Å². The molecule has 0 aliphatic carbocycles. The summed E-state index contributed by atoms with van der Waals surface area (Å²) < 4.78 is 5.19. The smallest absolute Gasteiger partial charge is 0.304 e. The molecule has 0 amide bonds. The largest absolute Gasteiger partial charge is 0.481 e. The fraction of sp³-hybridized carbons (Fsp3) is 0.455. The van der Waals surface area contributed by atoms with E-state index in [9.17, 15) is 4.79 Å². The Bertz CT molecular complexity index is 376. The van der Waals surface area contributed by atoms with Gasteiger partial charge in [0.2, 0.25) is 0 Å². The van der Waals surface area contributed by atoms with Gasteiger partial charge in [0.25, 0.3) is 0 Å². The van der Waals surface area contributed by atoms with Crippen molar-refractivity contribution in [3.05, 3.63) is 30.1 Å². The van der Waals surface area contributed by atoms with E-state index in [0.717, 1.165) is 5.56 Å². The maximum Gasteiger partial charge on any atom is 0.304 e. The highest BCUT2D eigenvalue weighted by molar-refractivity contribution is 5.68. The Morgan fingerprint density at radius 3 is 2.88 bits per heavy atom. The number of carbonyl (C=O) groups is 1. The van der Waals surface area contributed by atoms with Crippen LogP contribution in [0.15, 0.2) is 24.5 Å². The average Bonchev–Trinajstić information content (AvgIpc) is 2.16. The summed E-state index contributed by atoms with van der Waals surface area (Å²) >= 11 is 0. The van der Waals surface area contributed by atoms with Gasteiger partial charge in [0, 0.05) is 18.4 Å². The lowest BCUT2D eigenvalue weighted by Gasteiger charge is -2.45. The Hall–Kier alpha value is -1.46. The van der Waals surface area contributed by atoms with Crippen LogP contribution in [0.1, 0.15) is 12.0 Å². The highest BCUT2D eigenvalue weighted by Crippen LogP contribution is 2.35. The Morgan fingerprint density at radius 2 is 2.44 bits per heavy atom. The Balaban J connectivity index is 2.23. The second-order valence-electron chi connectivity index (χ2n) is 4.09. The SMILES string of the molecule is NC(CC(=O)O)C1(c2cccnc2)COC1. The molecule has 2 rings (SSSR count). The third-order valence-corrected chi connectivity index (χ3v) is 3.06. The minimum Gasteiger partial charge on any atom is -0.481 e. The molecule has 1 aliphatic rings. The van der Waals surface area contributed by atoms with Crippen LogP contribution >= 0.6 is 0 Å². The molecular weight excluding hydrogens is 208 g/mol. The molecule has 0 bridgehead atoms. The summed E-state index contributed by atoms with van der Waals surface area (Å²) in [6.45, 7) is 0.931. The van der Waals surface area contributed by atoms with Crippen molar-refractivity contribution in [1.29, 1.82) is 0 Å². The number of carboxylic acid groups (broad SMARTS) is 1. The van der Waals surface area contributed by atoms with Gasteiger partial charge in [-0.25, -0.2) is 0 Å². The lowest BCUT2D eigenvalue weighted by molar-refractivity contribution is -0.140. The minimum atomic E-state index is -0.886. The maximum atomic E-state index is 10.7. The molecule has 5 heteroatoms. The van der Waals surface area contributed by atoms with Crippen molar-refractivity contribution in [1.82, 2.24) is 4.98 Å². The van der Waals surface area contributed by atoms with Crippen LogP contribution in [-0.2, 0) is 14.9 Å². The second-order valence-corrected chi connectivity index (χ2v) is 4.09. The molecule has 1 unspecified atom stereocenters. The van der Waals surface area contributed by atoms with Crippen molar-refractivity contribution in [3.8, 4) is 0 Å². The molecule has 0 saturated carbocycles. The van der Waals surface area contributed by atoms with Crippen LogP contribution in [0.2, 0.25) is 0 Å². The molecule has 1 fully saturated rings. The van der Waals surface area contributed by atoms with E-state index in [1.807, 2.05) is 12.1 Å². The number of aromatic nitrogens is 1. The van der Waals surface area contributed by atoms with Gasteiger partial charge in [-0.2, -0.15) is 0 Å². The van der Waals surface area contributed by atoms with E-state index in [0.29, 0.717) is 13.2 Å². The van der Waals surface area contributed by atoms with E-state index in [2.05, 4.69) is 4.98 Å². The molecular formula is C11H14N2O3. The van der Waals surface area contributed by atoms with Gasteiger partial charge < -0.3 is 15.6 Å². The van der Waals surface area contributed by atoms with Crippen LogP contribution in [0.3, 0.4) is 0 Å². The number of rotatable bonds is 4. The molecule has 2 heterocycles. The fourth-order valence-electron chi connectivity index (χ4n) is 1.96. The lowest BCUT2D eigenvalue weighted by atomic mass is 9.72. The fourth-order valence-corrected chi connectivity index (χ4v) is 1.96. The zero-order valence-electron chi connectivity index (χ0n) is 8.80. The number of hydrogen-bond acceptors (Lipinski definition) is 4. The van der Waals surface area contributed by atoms with Gasteiger partial charge in [-0.3, -0.25) is 9.78 Å². The van der Waals surface area contributed by atoms with Gasteiger partial charge in [0.15, 0.2) is 0 Å². The molecule has 1 saturated heterocycles. The molecule has 5 nitrogen and oxygen atoms in total. The van der Waals surface area contributed by atoms with Crippen LogP contribution in [-0.4, -0.2) is 35.3 Å². The lowest BCUT2D eigenvalue weighted by Crippen LogP contribution is -2.59. The summed E-state index contributed by atoms with van der Waals surface area (Å²) in [5.41, 5.74) is 6.53. The quantitative estimate of drug-likeness (QED) is 0.757. The first-order valence-corrected chi connectivity index (χ1v) is 5.11. The van der Waals surface area contributed by atoms with Gasteiger partial charge >= 0.3 is 5.97 Å². The topological polar surface area (TPSA) is 85.4 Å². The van der Waals surface area contributed by atoms with E-state index >= 15 is 0 Å². The summed E-state index contributed by atoms with van der Waals surface area (Å²) in [5, 5.41) is 8.78. The molecule has 1 aromatic rings. The minimum absolute atomic E-state index is 0.0573. The monoisotopic (exact) mass is 222 g/mol. The van der Waals surface area contributed by atoms with Gasteiger partial charge in [0.05, 0.1) is 25.0 Å². The molecule has 3 N–H and O–H groups in total. The van der Waals surface area contributed by atoms with Crippen molar-refractivity contribution < 1.29 is 14.6 Å². The van der Waals surface area contributed by atoms with Crippen molar-refractivity contribution in [2.45, 2.75) is 17.9 Å². The second kappa shape index (κ2) is 4.19. The number of hydrogen-bond donors (Lipinski definition) is 2. The van der Waals surface area contributed by atoms with Gasteiger partial charge in [0.1, 0.15) is 0 Å². The van der Waals surface area contributed by atoms with Crippen LogP contribution in [0.5, 0.6) is 0 Å². The first-order chi connectivity index (χ1) is 7.65. The van der Waals surface area contributed by atoms with Gasteiger partial charge in [-0.1, -0.05) is 6.07 Å². The van der Waals surface area contributed by atoms with Gasteiger partial charge in [-0.05, 0) is 11.6 Å². The zero-order chi connectivity index (χ0) is 11.6. The number of carboxylic acids is 1. The van der Waals surface area contributed by atoms with Gasteiger partial charge in [-0.15, -0.1) is 0 Å². The summed E-state index contributed by atoms with van der Waals surface area (Å²) in [7, 11) is 0. The number of nitrogens with zero attached hydrogens (tertiary/aromatic N) is 1. The first-order valence-electron chi connectivity index (χ1n) is 5.11. The highest BCUT2D eigenvalue weighted by Gasteiger charge is 2.46. The normalized spacial score (nSPS) is 19.8. The number of nitrogens with two attached hydrogens (primary N) is 1. The van der Waals surface area contributed by atoms with Crippen LogP contribution in [0.4, 0.5) is 0 Å².